The van der Waals surface area contributed by atoms with Crippen molar-refractivity contribution in [3.8, 4) is 11.4 Å². The van der Waals surface area contributed by atoms with E-state index in [0.717, 1.165) is 30.9 Å². The first-order chi connectivity index (χ1) is 11.7. The molecule has 1 saturated heterocycles. The highest BCUT2D eigenvalue weighted by Gasteiger charge is 2.21. The van der Waals surface area contributed by atoms with Crippen LogP contribution in [0.4, 0.5) is 0 Å². The lowest BCUT2D eigenvalue weighted by Crippen LogP contribution is -2.40. The van der Waals surface area contributed by atoms with Crippen LogP contribution >= 0.6 is 11.8 Å². The number of amides is 1. The van der Waals surface area contributed by atoms with Crippen LogP contribution in [0.1, 0.15) is 19.8 Å². The Balaban J connectivity index is 1.64. The third-order valence-corrected chi connectivity index (χ3v) is 5.00. The number of carbonyl (C=O) groups excluding carboxylic acids is 1. The number of tetrazole rings is 1. The number of carbonyl (C=O) groups is 1. The number of methoxy groups -OCH3 is 1. The summed E-state index contributed by atoms with van der Waals surface area (Å²) in [7, 11) is 1.63. The zero-order valence-corrected chi connectivity index (χ0v) is 14.7. The Kier molecular flexibility index (Phi) is 5.34. The summed E-state index contributed by atoms with van der Waals surface area (Å²) in [6.07, 6.45) is 2.29. The van der Waals surface area contributed by atoms with Gasteiger partial charge in [-0.25, -0.2) is 0 Å². The maximum atomic E-state index is 12.4. The molecule has 8 heteroatoms. The van der Waals surface area contributed by atoms with E-state index < -0.39 is 0 Å². The van der Waals surface area contributed by atoms with E-state index in [1.54, 1.807) is 11.8 Å². The van der Waals surface area contributed by atoms with E-state index in [-0.39, 0.29) is 5.91 Å². The average Bonchev–Trinajstić information content (AvgIpc) is 3.08. The number of benzene rings is 1. The van der Waals surface area contributed by atoms with Gasteiger partial charge in [-0.05, 0) is 53.5 Å². The number of aromatic nitrogens is 4. The van der Waals surface area contributed by atoms with Gasteiger partial charge in [0.1, 0.15) is 5.75 Å². The van der Waals surface area contributed by atoms with Gasteiger partial charge in [0, 0.05) is 13.1 Å². The molecule has 1 aliphatic heterocycles. The van der Waals surface area contributed by atoms with Gasteiger partial charge in [0.15, 0.2) is 0 Å². The molecule has 1 aliphatic rings. The van der Waals surface area contributed by atoms with Crippen LogP contribution in [0.3, 0.4) is 0 Å². The zero-order chi connectivity index (χ0) is 16.9. The van der Waals surface area contributed by atoms with Crippen molar-refractivity contribution in [2.45, 2.75) is 24.9 Å². The Hall–Kier alpha value is -2.09. The minimum absolute atomic E-state index is 0.149. The Morgan fingerprint density at radius 2 is 2.17 bits per heavy atom. The van der Waals surface area contributed by atoms with Gasteiger partial charge < -0.3 is 9.64 Å². The van der Waals surface area contributed by atoms with Crippen molar-refractivity contribution >= 4 is 17.7 Å². The number of hydrogen-bond donors (Lipinski definition) is 0. The fourth-order valence-corrected chi connectivity index (χ4v) is 3.58. The predicted molar refractivity (Wildman–Crippen MR) is 91.4 cm³/mol. The number of likely N-dealkylation sites (tertiary alicyclic amines) is 1. The summed E-state index contributed by atoms with van der Waals surface area (Å²) in [6, 6.07) is 7.47. The van der Waals surface area contributed by atoms with Crippen LogP contribution in [-0.2, 0) is 4.79 Å². The summed E-state index contributed by atoms with van der Waals surface area (Å²) in [5, 5.41) is 12.4. The number of thioether (sulfide) groups is 1. The van der Waals surface area contributed by atoms with Crippen LogP contribution in [0.25, 0.3) is 5.69 Å². The molecule has 2 heterocycles. The van der Waals surface area contributed by atoms with E-state index in [1.165, 1.54) is 18.2 Å². The number of nitrogens with zero attached hydrogens (tertiary/aromatic N) is 5. The number of hydrogen-bond acceptors (Lipinski definition) is 6. The molecule has 1 atom stereocenters. The number of ether oxygens (including phenoxy) is 1. The lowest BCUT2D eigenvalue weighted by atomic mass is 10.0. The molecule has 0 radical (unpaired) electrons. The van der Waals surface area contributed by atoms with Gasteiger partial charge in [0.25, 0.3) is 0 Å². The Labute approximate surface area is 145 Å². The third-order valence-electron chi connectivity index (χ3n) is 4.09. The Bertz CT molecular complexity index is 688. The number of rotatable bonds is 5. The summed E-state index contributed by atoms with van der Waals surface area (Å²) < 4.78 is 6.79. The second-order valence-electron chi connectivity index (χ2n) is 5.95. The summed E-state index contributed by atoms with van der Waals surface area (Å²) >= 11 is 1.37. The van der Waals surface area contributed by atoms with Crippen LogP contribution in [0, 0.1) is 5.92 Å². The summed E-state index contributed by atoms with van der Waals surface area (Å²) in [6.45, 7) is 3.90. The molecule has 24 heavy (non-hydrogen) atoms. The largest absolute Gasteiger partial charge is 0.497 e. The molecule has 7 nitrogen and oxygen atoms in total. The fraction of sp³-hybridized carbons (Fsp3) is 0.500. The standard InChI is InChI=1S/C16H21N5O2S/c1-12-4-3-9-20(10-12)15(22)11-24-16-17-18-19-21(16)13-5-7-14(23-2)8-6-13/h5-8,12H,3-4,9-11H2,1-2H3. The summed E-state index contributed by atoms with van der Waals surface area (Å²) in [5.41, 5.74) is 0.836. The van der Waals surface area contributed by atoms with E-state index in [1.807, 2.05) is 29.2 Å². The second-order valence-corrected chi connectivity index (χ2v) is 6.89. The molecule has 0 N–H and O–H groups in total. The van der Waals surface area contributed by atoms with Crippen molar-refractivity contribution in [3.63, 3.8) is 0 Å². The van der Waals surface area contributed by atoms with Crippen LogP contribution in [0.5, 0.6) is 5.75 Å². The highest BCUT2D eigenvalue weighted by atomic mass is 32.2. The lowest BCUT2D eigenvalue weighted by Gasteiger charge is -2.30. The van der Waals surface area contributed by atoms with Gasteiger partial charge in [-0.3, -0.25) is 4.79 Å². The van der Waals surface area contributed by atoms with Gasteiger partial charge in [-0.15, -0.1) is 5.10 Å². The fourth-order valence-electron chi connectivity index (χ4n) is 2.79. The highest BCUT2D eigenvalue weighted by Crippen LogP contribution is 2.22. The normalized spacial score (nSPS) is 17.8. The molecule has 1 unspecified atom stereocenters. The number of piperidine rings is 1. The molecular formula is C16H21N5O2S. The smallest absolute Gasteiger partial charge is 0.233 e. The van der Waals surface area contributed by atoms with Crippen molar-refractivity contribution in [1.29, 1.82) is 0 Å². The predicted octanol–water partition coefficient (Wildman–Crippen LogP) is 2.02. The molecule has 3 rings (SSSR count). The van der Waals surface area contributed by atoms with Gasteiger partial charge in [-0.2, -0.15) is 4.68 Å². The highest BCUT2D eigenvalue weighted by molar-refractivity contribution is 7.99. The quantitative estimate of drug-likeness (QED) is 0.771. The molecule has 0 saturated carbocycles. The van der Waals surface area contributed by atoms with Gasteiger partial charge >= 0.3 is 0 Å². The molecule has 2 aromatic rings. The van der Waals surface area contributed by atoms with Gasteiger partial charge in [-0.1, -0.05) is 18.7 Å². The van der Waals surface area contributed by atoms with Crippen molar-refractivity contribution in [3.05, 3.63) is 24.3 Å². The van der Waals surface area contributed by atoms with E-state index in [4.69, 9.17) is 4.74 Å². The van der Waals surface area contributed by atoms with Crippen molar-refractivity contribution in [2.24, 2.45) is 5.92 Å². The van der Waals surface area contributed by atoms with Crippen molar-refractivity contribution < 1.29 is 9.53 Å². The van der Waals surface area contributed by atoms with E-state index in [2.05, 4.69) is 22.4 Å². The van der Waals surface area contributed by atoms with Crippen LogP contribution < -0.4 is 4.74 Å². The van der Waals surface area contributed by atoms with E-state index in [0.29, 0.717) is 16.8 Å². The summed E-state index contributed by atoms with van der Waals surface area (Å²) in [4.78, 5) is 14.3. The maximum Gasteiger partial charge on any atom is 0.233 e. The topological polar surface area (TPSA) is 73.1 Å². The molecule has 1 aromatic heterocycles. The zero-order valence-electron chi connectivity index (χ0n) is 13.9. The average molecular weight is 347 g/mol. The first kappa shape index (κ1) is 16.8. The molecule has 1 aromatic carbocycles. The Morgan fingerprint density at radius 3 is 2.88 bits per heavy atom. The molecule has 0 spiro atoms. The van der Waals surface area contributed by atoms with Crippen LogP contribution in [0.2, 0.25) is 0 Å². The van der Waals surface area contributed by atoms with Gasteiger partial charge in [0.2, 0.25) is 11.1 Å². The van der Waals surface area contributed by atoms with Crippen molar-refractivity contribution in [1.82, 2.24) is 25.1 Å². The van der Waals surface area contributed by atoms with E-state index in [9.17, 15) is 4.79 Å². The van der Waals surface area contributed by atoms with Crippen molar-refractivity contribution in [2.75, 3.05) is 26.0 Å². The van der Waals surface area contributed by atoms with Gasteiger partial charge in [0.05, 0.1) is 18.6 Å². The first-order valence-corrected chi connectivity index (χ1v) is 8.99. The van der Waals surface area contributed by atoms with E-state index >= 15 is 0 Å². The lowest BCUT2D eigenvalue weighted by molar-refractivity contribution is -0.130. The minimum atomic E-state index is 0.149. The van der Waals surface area contributed by atoms with Crippen LogP contribution in [-0.4, -0.2) is 57.0 Å². The van der Waals surface area contributed by atoms with Crippen LogP contribution in [0.15, 0.2) is 29.4 Å². The third kappa shape index (κ3) is 3.87. The molecule has 0 aliphatic carbocycles. The SMILES string of the molecule is COc1ccc(-n2nnnc2SCC(=O)N2CCCC(C)C2)cc1. The minimum Gasteiger partial charge on any atom is -0.497 e. The molecule has 1 amide bonds. The molecular weight excluding hydrogens is 326 g/mol. The maximum absolute atomic E-state index is 12.4. The molecule has 0 bridgehead atoms. The Morgan fingerprint density at radius 1 is 1.38 bits per heavy atom. The molecule has 128 valence electrons. The molecule has 1 fully saturated rings. The summed E-state index contributed by atoms with van der Waals surface area (Å²) in [5.74, 6) is 1.85. The first-order valence-electron chi connectivity index (χ1n) is 8.00. The monoisotopic (exact) mass is 347 g/mol. The second kappa shape index (κ2) is 7.65.